The minimum absolute atomic E-state index is 0.0297. The Balaban J connectivity index is 1.18. The van der Waals surface area contributed by atoms with Gasteiger partial charge >= 0.3 is 0 Å². The first-order valence-corrected chi connectivity index (χ1v) is 30.9. The summed E-state index contributed by atoms with van der Waals surface area (Å²) in [6.07, 6.45) is -8.96. The number of hydrogen-bond donors (Lipinski definition) is 18. The van der Waals surface area contributed by atoms with Crippen LogP contribution in [0, 0.1) is 5.92 Å². The number of hydrogen-bond acceptors (Lipinski definition) is 24. The lowest BCUT2D eigenvalue weighted by molar-refractivity contribution is -0.249. The third-order valence-electron chi connectivity index (χ3n) is 16.5. The van der Waals surface area contributed by atoms with Gasteiger partial charge in [0.15, 0.2) is 17.9 Å². The van der Waals surface area contributed by atoms with E-state index in [4.69, 9.17) is 25.7 Å². The van der Waals surface area contributed by atoms with Gasteiger partial charge in [-0.1, -0.05) is 38.1 Å². The molecule has 1 aliphatic heterocycles. The Kier molecular flexibility index (Phi) is 26.4. The topological polar surface area (TPSA) is 543 Å². The van der Waals surface area contributed by atoms with Gasteiger partial charge in [0.05, 0.1) is 55.3 Å². The first kappa shape index (κ1) is 75.8. The minimum atomic E-state index is -2.52. The molecular weight excluding hydrogens is 1260 g/mol. The van der Waals surface area contributed by atoms with Crippen LogP contribution in [0.5, 0.6) is 23.0 Å². The number of carbonyl (C=O) groups is 12. The molecule has 0 aromatic heterocycles. The van der Waals surface area contributed by atoms with Crippen molar-refractivity contribution in [3.8, 4) is 23.0 Å². The number of nitrogens with two attached hydrogens (primary N) is 2. The zero-order valence-corrected chi connectivity index (χ0v) is 53.6. The van der Waals surface area contributed by atoms with E-state index in [1.807, 2.05) is 0 Å². The van der Waals surface area contributed by atoms with Crippen LogP contribution < -0.4 is 58.7 Å². The fourth-order valence-corrected chi connectivity index (χ4v) is 11.5. The highest BCUT2D eigenvalue weighted by molar-refractivity contribution is 6.31. The second-order valence-corrected chi connectivity index (χ2v) is 24.2. The number of fused-ring (bicyclic) bond motifs is 3. The molecule has 6 rings (SSSR count). The number of methoxy groups -OCH3 is 1. The molecule has 524 valence electrons. The number of phenolic OH excluding ortho intramolecular Hbond substituents is 3. The van der Waals surface area contributed by atoms with Crippen molar-refractivity contribution in [1.82, 2.24) is 42.5 Å². The van der Waals surface area contributed by atoms with Gasteiger partial charge in [-0.2, -0.15) is 0 Å². The van der Waals surface area contributed by atoms with Gasteiger partial charge in [-0.05, 0) is 75.8 Å². The molecule has 3 aliphatic rings. The zero-order chi connectivity index (χ0) is 71.2. The monoisotopic (exact) mass is 1350 g/mol. The molecule has 13 atom stereocenters. The van der Waals surface area contributed by atoms with Crippen LogP contribution in [0.4, 0.5) is 0 Å². The Morgan fingerprint density at radius 2 is 1.26 bits per heavy atom. The molecule has 0 bridgehead atoms. The van der Waals surface area contributed by atoms with Crippen molar-refractivity contribution >= 4 is 70.5 Å². The molecule has 1 heterocycles. The van der Waals surface area contributed by atoms with E-state index >= 15 is 0 Å². The SMILES string of the molecule is COc1cccc2c1C(=O)c1c(O)c3c(c(O)c1C2=O)C[C@@](O)(C(=O)CO)C[C@@H]3OC1CC(NC(=O)[C@H](CC(C)C)NC(=O)[C@H](CO)NC(=O)[C@@H](CCC(N)=O)NC(=O)[C@H](Cc2ccc(O)cc2)NC(=O)[C@H](CO)NC(=O)[C@H](C)NC(=O)[C@H](CCCN)NC(C)=O)C(O)C(C)O1. The fourth-order valence-electron chi connectivity index (χ4n) is 11.5. The maximum absolute atomic E-state index is 14.4. The molecule has 2 aliphatic carbocycles. The quantitative estimate of drug-likeness (QED) is 0.0205. The summed E-state index contributed by atoms with van der Waals surface area (Å²) >= 11 is 0. The molecule has 9 amide bonds. The predicted molar refractivity (Wildman–Crippen MR) is 333 cm³/mol. The number of aromatic hydroxyl groups is 3. The number of primary amides is 1. The molecule has 3 aromatic rings. The molecular formula is C63H84N10O23. The van der Waals surface area contributed by atoms with Crippen LogP contribution in [-0.4, -0.2) is 217 Å². The maximum Gasteiger partial charge on any atom is 0.245 e. The lowest BCUT2D eigenvalue weighted by Gasteiger charge is -2.43. The van der Waals surface area contributed by atoms with Gasteiger partial charge in [0.1, 0.15) is 83.6 Å². The van der Waals surface area contributed by atoms with Gasteiger partial charge in [-0.25, -0.2) is 0 Å². The highest BCUT2D eigenvalue weighted by atomic mass is 16.7. The fraction of sp³-hybridized carbons (Fsp3) is 0.524. The van der Waals surface area contributed by atoms with Gasteiger partial charge < -0.3 is 109 Å². The highest BCUT2D eigenvalue weighted by Gasteiger charge is 2.51. The largest absolute Gasteiger partial charge is 0.508 e. The number of aliphatic hydroxyl groups excluding tert-OH is 4. The molecule has 1 fully saturated rings. The summed E-state index contributed by atoms with van der Waals surface area (Å²) in [7, 11) is 1.25. The van der Waals surface area contributed by atoms with Crippen molar-refractivity contribution in [2.75, 3.05) is 33.5 Å². The van der Waals surface area contributed by atoms with Gasteiger partial charge in [-0.3, -0.25) is 57.5 Å². The van der Waals surface area contributed by atoms with Crippen LogP contribution >= 0.6 is 0 Å². The van der Waals surface area contributed by atoms with E-state index in [2.05, 4.69) is 42.5 Å². The smallest absolute Gasteiger partial charge is 0.245 e. The van der Waals surface area contributed by atoms with Crippen LogP contribution in [0.2, 0.25) is 0 Å². The van der Waals surface area contributed by atoms with Gasteiger partial charge in [0.25, 0.3) is 0 Å². The van der Waals surface area contributed by atoms with Crippen LogP contribution in [-0.2, 0) is 70.3 Å². The highest BCUT2D eigenvalue weighted by Crippen LogP contribution is 2.52. The average Bonchev–Trinajstić information content (AvgIpc) is 0.712. The van der Waals surface area contributed by atoms with E-state index in [0.717, 1.165) is 0 Å². The van der Waals surface area contributed by atoms with Crippen LogP contribution in [0.15, 0.2) is 42.5 Å². The molecule has 1 saturated heterocycles. The van der Waals surface area contributed by atoms with Crippen molar-refractivity contribution in [3.05, 3.63) is 81.4 Å². The minimum Gasteiger partial charge on any atom is -0.508 e. The summed E-state index contributed by atoms with van der Waals surface area (Å²) in [5.41, 5.74) is 6.39. The maximum atomic E-state index is 14.4. The molecule has 20 N–H and O–H groups in total. The van der Waals surface area contributed by atoms with E-state index in [1.54, 1.807) is 13.8 Å². The van der Waals surface area contributed by atoms with Crippen molar-refractivity contribution in [2.24, 2.45) is 17.4 Å². The number of carbonyl (C=O) groups excluding carboxylic acids is 12. The first-order chi connectivity index (χ1) is 45.3. The molecule has 96 heavy (non-hydrogen) atoms. The van der Waals surface area contributed by atoms with E-state index < -0.39 is 224 Å². The number of aliphatic hydroxyl groups is 5. The summed E-state index contributed by atoms with van der Waals surface area (Å²) < 4.78 is 17.6. The Bertz CT molecular complexity index is 3440. The summed E-state index contributed by atoms with van der Waals surface area (Å²) in [6.45, 7) is 4.01. The van der Waals surface area contributed by atoms with E-state index in [1.165, 1.54) is 70.3 Å². The Hall–Kier alpha value is -9.22. The number of nitrogens with one attached hydrogen (secondary N) is 8. The molecule has 3 aromatic carbocycles. The molecule has 33 nitrogen and oxygen atoms in total. The first-order valence-electron chi connectivity index (χ1n) is 30.9. The number of benzene rings is 3. The van der Waals surface area contributed by atoms with Crippen LogP contribution in [0.1, 0.15) is 134 Å². The number of ketones is 3. The molecule has 33 heteroatoms. The summed E-state index contributed by atoms with van der Waals surface area (Å²) in [6, 6.07) is -2.90. The van der Waals surface area contributed by atoms with Crippen LogP contribution in [0.25, 0.3) is 0 Å². The second kappa shape index (κ2) is 33.4. The van der Waals surface area contributed by atoms with E-state index in [0.29, 0.717) is 12.0 Å². The number of rotatable bonds is 32. The Morgan fingerprint density at radius 3 is 1.84 bits per heavy atom. The van der Waals surface area contributed by atoms with Crippen molar-refractivity contribution in [3.63, 3.8) is 0 Å². The predicted octanol–water partition coefficient (Wildman–Crippen LogP) is -4.42. The van der Waals surface area contributed by atoms with Crippen molar-refractivity contribution in [2.45, 2.75) is 171 Å². The molecule has 0 spiro atoms. The number of amides is 9. The van der Waals surface area contributed by atoms with Gasteiger partial charge in [0.2, 0.25) is 58.9 Å². The number of ether oxygens (including phenoxy) is 3. The van der Waals surface area contributed by atoms with Gasteiger partial charge in [-0.15, -0.1) is 0 Å². The summed E-state index contributed by atoms with van der Waals surface area (Å²) in [5.74, 6) is -14.1. The second-order valence-electron chi connectivity index (χ2n) is 24.2. The molecule has 0 radical (unpaired) electrons. The molecule has 4 unspecified atom stereocenters. The third kappa shape index (κ3) is 18.4. The third-order valence-corrected chi connectivity index (χ3v) is 16.5. The van der Waals surface area contributed by atoms with Crippen molar-refractivity contribution in [1.29, 1.82) is 0 Å². The summed E-state index contributed by atoms with van der Waals surface area (Å²) in [5, 5.41) is 107. The molecule has 0 saturated carbocycles. The number of Topliss-reactive ketones (excluding diaryl/α,β-unsaturated/α-hetero) is 1. The Labute approximate surface area is 550 Å². The zero-order valence-electron chi connectivity index (χ0n) is 53.6. The van der Waals surface area contributed by atoms with Crippen molar-refractivity contribution < 1.29 is 113 Å². The Morgan fingerprint density at radius 1 is 0.698 bits per heavy atom. The average molecular weight is 1350 g/mol. The number of phenols is 3. The van der Waals surface area contributed by atoms with E-state index in [9.17, 15) is 98.4 Å². The van der Waals surface area contributed by atoms with Crippen LogP contribution in [0.3, 0.4) is 0 Å². The normalized spacial score (nSPS) is 20.9. The summed E-state index contributed by atoms with van der Waals surface area (Å²) in [4.78, 5) is 162. The lowest BCUT2D eigenvalue weighted by Crippen LogP contribution is -2.62. The standard InChI is InChI=1S/C63H84N10O23/c1-27(2)19-38(59(89)69-37-21-46(95-29(4)51(37)81)96-43-23-63(93,44(79)26-76)22-34-48(43)55(85)50-49(53(34)83)52(82)33-9-7-11-42(94-6)47(33)54(50)84)70-62(92)41(25-75)73-58(88)36(16-17-45(65)80)68-60(90)39(20-31-12-14-32(78)15-13-31)71-61(91)40(24-74)72-56(86)28(3)66-57(87)35(10-8-18-64)67-30(5)77/h7,9,11-15,27-29,35-41,43,46,51,74-76,78,81,83,85,93H,8,10,16-26,64H2,1-6H3,(H2,65,80)(H,66,87)(H,67,77)(H,68,90)(H,69,89)(H,70,92)(H,71,91)(H,72,86)(H,73,88)/t28-,29?,35-,36+,37?,38-,39-,40-,41-,43-,46?,51?,63-/m0/s1. The lowest BCUT2D eigenvalue weighted by atomic mass is 9.72. The van der Waals surface area contributed by atoms with Gasteiger partial charge in [0, 0.05) is 55.7 Å². The van der Waals surface area contributed by atoms with E-state index in [-0.39, 0.29) is 65.5 Å².